The largest absolute Gasteiger partial charge is 0.357 e. The van der Waals surface area contributed by atoms with Crippen LogP contribution in [0.15, 0.2) is 30.3 Å². The molecule has 1 aliphatic carbocycles. The molecule has 110 valence electrons. The minimum atomic E-state index is 0.249. The number of aromatic nitrogens is 1. The molecule has 1 saturated heterocycles. The first kappa shape index (κ1) is 12.9. The number of benzene rings is 1. The molecule has 1 N–H and O–H groups in total. The number of rotatable bonds is 2. The third kappa shape index (κ3) is 2.25. The van der Waals surface area contributed by atoms with E-state index in [0.717, 1.165) is 32.2 Å². The predicted octanol–water partition coefficient (Wildman–Crippen LogP) is 4.02. The first-order valence-corrected chi connectivity index (χ1v) is 8.21. The molecular formula is C18H22N2O. The van der Waals surface area contributed by atoms with Crippen LogP contribution in [0.5, 0.6) is 0 Å². The quantitative estimate of drug-likeness (QED) is 0.887. The number of H-pyrrole nitrogens is 1. The highest BCUT2D eigenvalue weighted by molar-refractivity contribution is 5.82. The average Bonchev–Trinajstić information content (AvgIpc) is 2.89. The Hall–Kier alpha value is -1.77. The zero-order valence-corrected chi connectivity index (χ0v) is 12.3. The lowest BCUT2D eigenvalue weighted by atomic mass is 9.83. The Morgan fingerprint density at radius 3 is 2.71 bits per heavy atom. The summed E-state index contributed by atoms with van der Waals surface area (Å²) in [4.78, 5) is 18.4. The van der Waals surface area contributed by atoms with E-state index >= 15 is 0 Å². The van der Waals surface area contributed by atoms with Gasteiger partial charge in [-0.05, 0) is 49.6 Å². The van der Waals surface area contributed by atoms with Crippen LogP contribution >= 0.6 is 0 Å². The van der Waals surface area contributed by atoms with Gasteiger partial charge in [-0.3, -0.25) is 4.79 Å². The topological polar surface area (TPSA) is 36.1 Å². The molecule has 1 aliphatic heterocycles. The summed E-state index contributed by atoms with van der Waals surface area (Å²) in [7, 11) is 0. The van der Waals surface area contributed by atoms with Crippen LogP contribution in [0.3, 0.4) is 0 Å². The lowest BCUT2D eigenvalue weighted by Gasteiger charge is -2.39. The number of likely N-dealkylation sites (tertiary alicyclic amines) is 1. The van der Waals surface area contributed by atoms with Crippen LogP contribution in [-0.4, -0.2) is 22.3 Å². The first-order chi connectivity index (χ1) is 10.3. The Morgan fingerprint density at radius 2 is 1.95 bits per heavy atom. The molecule has 4 rings (SSSR count). The number of hydrogen-bond donors (Lipinski definition) is 1. The highest BCUT2D eigenvalue weighted by atomic mass is 16.2. The van der Waals surface area contributed by atoms with Crippen LogP contribution in [0, 0.1) is 5.92 Å². The standard InChI is InChI=1S/C18H22N2O/c21-18(13-7-5-8-13)20-11-4-3-10-17(20)16-12-14-6-1-2-9-15(14)19-16/h1-2,6,9,12-13,17,19H,3-5,7-8,10-11H2. The number of carbonyl (C=O) groups is 1. The maximum absolute atomic E-state index is 12.7. The van der Waals surface area contributed by atoms with E-state index in [-0.39, 0.29) is 6.04 Å². The van der Waals surface area contributed by atoms with Crippen molar-refractivity contribution in [3.05, 3.63) is 36.0 Å². The number of nitrogens with zero attached hydrogens (tertiary/aromatic N) is 1. The summed E-state index contributed by atoms with van der Waals surface area (Å²) in [5, 5.41) is 1.24. The maximum atomic E-state index is 12.7. The minimum absolute atomic E-state index is 0.249. The van der Waals surface area contributed by atoms with E-state index in [1.54, 1.807) is 0 Å². The van der Waals surface area contributed by atoms with Crippen molar-refractivity contribution in [2.75, 3.05) is 6.54 Å². The second-order valence-corrected chi connectivity index (χ2v) is 6.48. The Balaban J connectivity index is 1.64. The molecule has 3 heteroatoms. The average molecular weight is 282 g/mol. The summed E-state index contributed by atoms with van der Waals surface area (Å²) < 4.78 is 0. The zero-order chi connectivity index (χ0) is 14.2. The molecule has 3 nitrogen and oxygen atoms in total. The molecule has 2 fully saturated rings. The second kappa shape index (κ2) is 5.21. The number of fused-ring (bicyclic) bond motifs is 1. The van der Waals surface area contributed by atoms with E-state index in [1.807, 2.05) is 0 Å². The van der Waals surface area contributed by atoms with Gasteiger partial charge >= 0.3 is 0 Å². The van der Waals surface area contributed by atoms with Gasteiger partial charge in [-0.25, -0.2) is 0 Å². The summed E-state index contributed by atoms with van der Waals surface area (Å²) in [5.74, 6) is 0.694. The van der Waals surface area contributed by atoms with Crippen LogP contribution in [-0.2, 0) is 4.79 Å². The van der Waals surface area contributed by atoms with Crippen molar-refractivity contribution in [2.24, 2.45) is 5.92 Å². The highest BCUT2D eigenvalue weighted by Gasteiger charge is 2.35. The number of aromatic amines is 1. The lowest BCUT2D eigenvalue weighted by molar-refractivity contribution is -0.142. The summed E-state index contributed by atoms with van der Waals surface area (Å²) >= 11 is 0. The smallest absolute Gasteiger partial charge is 0.226 e. The van der Waals surface area contributed by atoms with Gasteiger partial charge in [-0.15, -0.1) is 0 Å². The van der Waals surface area contributed by atoms with E-state index in [9.17, 15) is 4.79 Å². The predicted molar refractivity (Wildman–Crippen MR) is 83.9 cm³/mol. The van der Waals surface area contributed by atoms with E-state index in [4.69, 9.17) is 0 Å². The van der Waals surface area contributed by atoms with Gasteiger partial charge in [0.1, 0.15) is 0 Å². The Morgan fingerprint density at radius 1 is 1.10 bits per heavy atom. The number of hydrogen-bond acceptors (Lipinski definition) is 1. The van der Waals surface area contributed by atoms with Gasteiger partial charge in [0, 0.05) is 23.7 Å². The fraction of sp³-hybridized carbons (Fsp3) is 0.500. The molecule has 1 aromatic carbocycles. The van der Waals surface area contributed by atoms with Crippen molar-refractivity contribution in [3.8, 4) is 0 Å². The van der Waals surface area contributed by atoms with Crippen molar-refractivity contribution in [1.82, 2.24) is 9.88 Å². The van der Waals surface area contributed by atoms with Crippen LogP contribution in [0.25, 0.3) is 10.9 Å². The van der Waals surface area contributed by atoms with Gasteiger partial charge < -0.3 is 9.88 Å². The van der Waals surface area contributed by atoms with Crippen molar-refractivity contribution in [2.45, 2.75) is 44.6 Å². The number of carbonyl (C=O) groups excluding carboxylic acids is 1. The first-order valence-electron chi connectivity index (χ1n) is 8.21. The van der Waals surface area contributed by atoms with E-state index in [2.05, 4.69) is 40.2 Å². The number of para-hydroxylation sites is 1. The Labute approximate surface area is 125 Å². The highest BCUT2D eigenvalue weighted by Crippen LogP contribution is 2.36. The summed E-state index contributed by atoms with van der Waals surface area (Å²) in [6.07, 6.45) is 6.86. The Kier molecular flexibility index (Phi) is 3.21. The van der Waals surface area contributed by atoms with Gasteiger partial charge in [0.15, 0.2) is 0 Å². The van der Waals surface area contributed by atoms with E-state index in [0.29, 0.717) is 11.8 Å². The molecule has 0 bridgehead atoms. The number of amides is 1. The normalized spacial score (nSPS) is 23.2. The molecule has 1 saturated carbocycles. The summed E-state index contributed by atoms with van der Waals surface area (Å²) in [6.45, 7) is 0.926. The number of piperidine rings is 1. The second-order valence-electron chi connectivity index (χ2n) is 6.48. The third-order valence-electron chi connectivity index (χ3n) is 5.15. The van der Waals surface area contributed by atoms with Crippen LogP contribution in [0.1, 0.15) is 50.3 Å². The molecule has 1 atom stereocenters. The van der Waals surface area contributed by atoms with Gasteiger partial charge in [-0.1, -0.05) is 24.6 Å². The van der Waals surface area contributed by atoms with Gasteiger partial charge in [0.25, 0.3) is 0 Å². The van der Waals surface area contributed by atoms with E-state index < -0.39 is 0 Å². The minimum Gasteiger partial charge on any atom is -0.357 e. The fourth-order valence-corrected chi connectivity index (χ4v) is 3.68. The summed E-state index contributed by atoms with van der Waals surface area (Å²) in [6, 6.07) is 10.8. The molecule has 2 aromatic rings. The molecule has 1 amide bonds. The molecule has 2 aliphatic rings. The van der Waals surface area contributed by atoms with Crippen LogP contribution < -0.4 is 0 Å². The fourth-order valence-electron chi connectivity index (χ4n) is 3.68. The monoisotopic (exact) mass is 282 g/mol. The third-order valence-corrected chi connectivity index (χ3v) is 5.15. The maximum Gasteiger partial charge on any atom is 0.226 e. The SMILES string of the molecule is O=C(C1CCC1)N1CCCCC1c1cc2ccccc2[nH]1. The van der Waals surface area contributed by atoms with Gasteiger partial charge in [-0.2, -0.15) is 0 Å². The van der Waals surface area contributed by atoms with Gasteiger partial charge in [0.05, 0.1) is 6.04 Å². The molecule has 1 aromatic heterocycles. The lowest BCUT2D eigenvalue weighted by Crippen LogP contribution is -2.43. The van der Waals surface area contributed by atoms with Crippen molar-refractivity contribution >= 4 is 16.8 Å². The molecule has 2 heterocycles. The summed E-state index contributed by atoms with van der Waals surface area (Å²) in [5.41, 5.74) is 2.39. The van der Waals surface area contributed by atoms with Gasteiger partial charge in [0.2, 0.25) is 5.91 Å². The molecule has 1 unspecified atom stereocenters. The zero-order valence-electron chi connectivity index (χ0n) is 12.3. The molecule has 0 radical (unpaired) electrons. The van der Waals surface area contributed by atoms with Crippen LogP contribution in [0.2, 0.25) is 0 Å². The molecule has 0 spiro atoms. The van der Waals surface area contributed by atoms with Crippen LogP contribution in [0.4, 0.5) is 0 Å². The van der Waals surface area contributed by atoms with E-state index in [1.165, 1.54) is 29.4 Å². The molecule has 21 heavy (non-hydrogen) atoms. The number of nitrogens with one attached hydrogen (secondary N) is 1. The van der Waals surface area contributed by atoms with Crippen molar-refractivity contribution < 1.29 is 4.79 Å². The van der Waals surface area contributed by atoms with Crippen molar-refractivity contribution in [3.63, 3.8) is 0 Å². The molecular weight excluding hydrogens is 260 g/mol. The Bertz CT molecular complexity index is 623. The van der Waals surface area contributed by atoms with Crippen molar-refractivity contribution in [1.29, 1.82) is 0 Å².